The lowest BCUT2D eigenvalue weighted by Crippen LogP contribution is -2.02. The second kappa shape index (κ2) is 5.66. The first kappa shape index (κ1) is 13.9. The van der Waals surface area contributed by atoms with Crippen LogP contribution in [0.4, 0.5) is 5.69 Å². The molecule has 100 valence electrons. The Labute approximate surface area is 121 Å². The van der Waals surface area contributed by atoms with E-state index in [1.165, 1.54) is 17.8 Å². The molecule has 2 aromatic rings. The van der Waals surface area contributed by atoms with Gasteiger partial charge in [0.1, 0.15) is 0 Å². The predicted octanol–water partition coefficient (Wildman–Crippen LogP) is 2.73. The summed E-state index contributed by atoms with van der Waals surface area (Å²) in [5.41, 5.74) is 0.0707. The monoisotopic (exact) mass is 343 g/mol. The van der Waals surface area contributed by atoms with Gasteiger partial charge in [0.25, 0.3) is 5.69 Å². The standard InChI is InChI=1S/C10H10BrN5O2S/c1-6(10-12-13-14-15(10)2)19-9-4-3-7(11)5-8(9)16(17)18/h3-6H,1-2H3/t6-/m1/s1. The fraction of sp³-hybridized carbons (Fsp3) is 0.300. The Morgan fingerprint density at radius 1 is 1.53 bits per heavy atom. The van der Waals surface area contributed by atoms with Crippen molar-refractivity contribution in [3.8, 4) is 0 Å². The second-order valence-corrected chi connectivity index (χ2v) is 6.09. The zero-order valence-corrected chi connectivity index (χ0v) is 12.6. The van der Waals surface area contributed by atoms with Crippen molar-refractivity contribution in [2.45, 2.75) is 17.1 Å². The number of thioether (sulfide) groups is 1. The minimum atomic E-state index is -0.394. The molecule has 0 amide bonds. The average molecular weight is 344 g/mol. The molecule has 0 N–H and O–H groups in total. The molecule has 7 nitrogen and oxygen atoms in total. The van der Waals surface area contributed by atoms with E-state index in [2.05, 4.69) is 31.5 Å². The van der Waals surface area contributed by atoms with Gasteiger partial charge in [-0.2, -0.15) is 0 Å². The number of hydrogen-bond donors (Lipinski definition) is 0. The van der Waals surface area contributed by atoms with E-state index in [1.807, 2.05) is 6.92 Å². The molecule has 0 saturated carbocycles. The van der Waals surface area contributed by atoms with Gasteiger partial charge in [-0.05, 0) is 29.5 Å². The number of aryl methyl sites for hydroxylation is 1. The quantitative estimate of drug-likeness (QED) is 0.481. The van der Waals surface area contributed by atoms with Crippen LogP contribution in [0.15, 0.2) is 27.6 Å². The van der Waals surface area contributed by atoms with Gasteiger partial charge in [0.15, 0.2) is 5.82 Å². The highest BCUT2D eigenvalue weighted by Crippen LogP contribution is 2.39. The number of halogens is 1. The summed E-state index contributed by atoms with van der Waals surface area (Å²) in [6.07, 6.45) is 0. The summed E-state index contributed by atoms with van der Waals surface area (Å²) < 4.78 is 2.24. The zero-order chi connectivity index (χ0) is 14.0. The van der Waals surface area contributed by atoms with Crippen LogP contribution < -0.4 is 0 Å². The number of tetrazole rings is 1. The number of nitrogens with zero attached hydrogens (tertiary/aromatic N) is 5. The minimum Gasteiger partial charge on any atom is -0.258 e. The molecule has 1 aromatic carbocycles. The van der Waals surface area contributed by atoms with E-state index in [-0.39, 0.29) is 10.9 Å². The molecule has 1 aromatic heterocycles. The van der Waals surface area contributed by atoms with E-state index < -0.39 is 4.92 Å². The number of rotatable bonds is 4. The molecule has 0 radical (unpaired) electrons. The predicted molar refractivity (Wildman–Crippen MR) is 73.9 cm³/mol. The third kappa shape index (κ3) is 3.10. The van der Waals surface area contributed by atoms with Gasteiger partial charge in [0.05, 0.1) is 15.1 Å². The molecule has 0 aliphatic carbocycles. The van der Waals surface area contributed by atoms with Gasteiger partial charge in [-0.25, -0.2) is 4.68 Å². The SMILES string of the molecule is C[C@@H](Sc1ccc(Br)cc1[N+](=O)[O-])c1nnnn1C. The molecule has 0 spiro atoms. The van der Waals surface area contributed by atoms with Crippen LogP contribution in [0.5, 0.6) is 0 Å². The van der Waals surface area contributed by atoms with Crippen molar-refractivity contribution in [3.05, 3.63) is 38.6 Å². The summed E-state index contributed by atoms with van der Waals surface area (Å²) in [7, 11) is 1.74. The number of nitro groups is 1. The first-order chi connectivity index (χ1) is 8.99. The molecule has 0 unspecified atom stereocenters. The number of benzene rings is 1. The summed E-state index contributed by atoms with van der Waals surface area (Å²) in [4.78, 5) is 11.2. The highest BCUT2D eigenvalue weighted by molar-refractivity contribution is 9.10. The van der Waals surface area contributed by atoms with Crippen LogP contribution in [0.1, 0.15) is 18.0 Å². The second-order valence-electron chi connectivity index (χ2n) is 3.79. The maximum absolute atomic E-state index is 11.0. The van der Waals surface area contributed by atoms with Crippen LogP contribution in [-0.2, 0) is 7.05 Å². The number of nitro benzene ring substituents is 1. The van der Waals surface area contributed by atoms with Gasteiger partial charge in [-0.1, -0.05) is 15.9 Å². The summed E-state index contributed by atoms with van der Waals surface area (Å²) in [5.74, 6) is 0.669. The van der Waals surface area contributed by atoms with E-state index in [0.29, 0.717) is 15.2 Å². The number of hydrogen-bond acceptors (Lipinski definition) is 6. The minimum absolute atomic E-state index is 0.0707. The smallest absolute Gasteiger partial charge is 0.258 e. The Morgan fingerprint density at radius 2 is 2.26 bits per heavy atom. The molecule has 1 atom stereocenters. The summed E-state index contributed by atoms with van der Waals surface area (Å²) in [6, 6.07) is 4.98. The van der Waals surface area contributed by atoms with E-state index >= 15 is 0 Å². The van der Waals surface area contributed by atoms with E-state index in [0.717, 1.165) is 0 Å². The summed E-state index contributed by atoms with van der Waals surface area (Å²) in [6.45, 7) is 1.90. The maximum atomic E-state index is 11.0. The molecular weight excluding hydrogens is 334 g/mol. The first-order valence-electron chi connectivity index (χ1n) is 5.32. The largest absolute Gasteiger partial charge is 0.284 e. The zero-order valence-electron chi connectivity index (χ0n) is 10.1. The summed E-state index contributed by atoms with van der Waals surface area (Å²) >= 11 is 4.58. The van der Waals surface area contributed by atoms with Gasteiger partial charge < -0.3 is 0 Å². The molecule has 9 heteroatoms. The van der Waals surface area contributed by atoms with Crippen molar-refractivity contribution in [1.82, 2.24) is 20.2 Å². The molecule has 0 saturated heterocycles. The fourth-order valence-electron chi connectivity index (χ4n) is 1.56. The van der Waals surface area contributed by atoms with Gasteiger partial charge in [-0.3, -0.25) is 10.1 Å². The Morgan fingerprint density at radius 3 is 2.84 bits per heavy atom. The van der Waals surface area contributed by atoms with Crippen molar-refractivity contribution < 1.29 is 4.92 Å². The van der Waals surface area contributed by atoms with Crippen LogP contribution in [0, 0.1) is 10.1 Å². The van der Waals surface area contributed by atoms with Gasteiger partial charge in [0, 0.05) is 17.6 Å². The van der Waals surface area contributed by atoms with Crippen LogP contribution in [-0.4, -0.2) is 25.1 Å². The van der Waals surface area contributed by atoms with Gasteiger partial charge in [-0.15, -0.1) is 16.9 Å². The van der Waals surface area contributed by atoms with Crippen molar-refractivity contribution in [1.29, 1.82) is 0 Å². The highest BCUT2D eigenvalue weighted by atomic mass is 79.9. The molecular formula is C10H10BrN5O2S. The fourth-order valence-corrected chi connectivity index (χ4v) is 2.99. The molecule has 0 bridgehead atoms. The van der Waals surface area contributed by atoms with Crippen molar-refractivity contribution >= 4 is 33.4 Å². The van der Waals surface area contributed by atoms with E-state index in [1.54, 1.807) is 23.9 Å². The highest BCUT2D eigenvalue weighted by Gasteiger charge is 2.20. The summed E-state index contributed by atoms with van der Waals surface area (Å²) in [5, 5.41) is 22.2. The van der Waals surface area contributed by atoms with Crippen molar-refractivity contribution in [3.63, 3.8) is 0 Å². The van der Waals surface area contributed by atoms with Crippen LogP contribution in [0.25, 0.3) is 0 Å². The average Bonchev–Trinajstić information content (AvgIpc) is 2.77. The van der Waals surface area contributed by atoms with Crippen molar-refractivity contribution in [2.24, 2.45) is 7.05 Å². The van der Waals surface area contributed by atoms with Gasteiger partial charge >= 0.3 is 0 Å². The molecule has 0 aliphatic heterocycles. The lowest BCUT2D eigenvalue weighted by atomic mass is 10.3. The van der Waals surface area contributed by atoms with E-state index in [9.17, 15) is 10.1 Å². The number of aromatic nitrogens is 4. The molecule has 0 aliphatic rings. The Bertz CT molecular complexity index is 618. The topological polar surface area (TPSA) is 86.7 Å². The van der Waals surface area contributed by atoms with Crippen LogP contribution in [0.2, 0.25) is 0 Å². The molecule has 1 heterocycles. The maximum Gasteiger partial charge on any atom is 0.284 e. The normalized spacial score (nSPS) is 12.4. The molecule has 0 fully saturated rings. The third-order valence-corrected chi connectivity index (χ3v) is 4.09. The molecule has 19 heavy (non-hydrogen) atoms. The lowest BCUT2D eigenvalue weighted by Gasteiger charge is -2.09. The van der Waals surface area contributed by atoms with Gasteiger partial charge in [0.2, 0.25) is 0 Å². The first-order valence-corrected chi connectivity index (χ1v) is 6.99. The van der Waals surface area contributed by atoms with Crippen LogP contribution >= 0.6 is 27.7 Å². The van der Waals surface area contributed by atoms with Crippen molar-refractivity contribution in [2.75, 3.05) is 0 Å². The Hall–Kier alpha value is -1.48. The lowest BCUT2D eigenvalue weighted by molar-refractivity contribution is -0.387. The van der Waals surface area contributed by atoms with Crippen LogP contribution in [0.3, 0.4) is 0 Å². The van der Waals surface area contributed by atoms with E-state index in [4.69, 9.17) is 0 Å². The Kier molecular flexibility index (Phi) is 4.15. The Balaban J connectivity index is 2.29. The molecule has 2 rings (SSSR count). The third-order valence-electron chi connectivity index (χ3n) is 2.44.